The van der Waals surface area contributed by atoms with Crippen molar-refractivity contribution in [2.24, 2.45) is 0 Å². The van der Waals surface area contributed by atoms with Crippen LogP contribution in [-0.4, -0.2) is 67.5 Å². The van der Waals surface area contributed by atoms with Crippen LogP contribution >= 0.6 is 12.4 Å². The number of halogens is 1. The summed E-state index contributed by atoms with van der Waals surface area (Å²) in [5.74, 6) is 0.862. The van der Waals surface area contributed by atoms with Crippen molar-refractivity contribution in [3.63, 3.8) is 0 Å². The minimum atomic E-state index is -0.527. The summed E-state index contributed by atoms with van der Waals surface area (Å²) in [5, 5.41) is 3.05. The van der Waals surface area contributed by atoms with Gasteiger partial charge < -0.3 is 19.9 Å². The van der Waals surface area contributed by atoms with Gasteiger partial charge in [-0.3, -0.25) is 9.59 Å². The summed E-state index contributed by atoms with van der Waals surface area (Å²) in [6.45, 7) is 7.07. The Morgan fingerprint density at radius 3 is 2.26 bits per heavy atom. The Hall–Kier alpha value is -1.79. The van der Waals surface area contributed by atoms with E-state index >= 15 is 0 Å². The number of piperazine rings is 1. The molecule has 1 heterocycles. The summed E-state index contributed by atoms with van der Waals surface area (Å²) >= 11 is 0. The van der Waals surface area contributed by atoms with Crippen molar-refractivity contribution in [2.45, 2.75) is 39.2 Å². The summed E-state index contributed by atoms with van der Waals surface area (Å²) in [6, 6.07) is 7.85. The lowest BCUT2D eigenvalue weighted by Gasteiger charge is -2.36. The van der Waals surface area contributed by atoms with E-state index in [0.29, 0.717) is 38.3 Å². The number of rotatable bonds is 8. The minimum Gasteiger partial charge on any atom is -0.481 e. The first-order valence-corrected chi connectivity index (χ1v) is 9.52. The van der Waals surface area contributed by atoms with Gasteiger partial charge in [0.25, 0.3) is 5.91 Å². The van der Waals surface area contributed by atoms with Gasteiger partial charge in [-0.25, -0.2) is 0 Å². The van der Waals surface area contributed by atoms with E-state index in [-0.39, 0.29) is 24.2 Å². The molecule has 0 aliphatic carbocycles. The molecule has 2 rings (SSSR count). The number of nitrogens with zero attached hydrogens (tertiary/aromatic N) is 2. The van der Waals surface area contributed by atoms with E-state index in [0.717, 1.165) is 19.4 Å². The van der Waals surface area contributed by atoms with Crippen LogP contribution in [0.3, 0.4) is 0 Å². The third kappa shape index (κ3) is 7.03. The lowest BCUT2D eigenvalue weighted by molar-refractivity contribution is -0.143. The van der Waals surface area contributed by atoms with E-state index in [4.69, 9.17) is 4.74 Å². The molecule has 0 spiro atoms. The molecule has 0 saturated carbocycles. The molecule has 1 atom stereocenters. The SMILES string of the molecule is CCc1ccc(OC(C)C(=O)N2CCN(C(=O)CCCNC)CC2)cc1.Cl. The third-order valence-corrected chi connectivity index (χ3v) is 4.75. The molecule has 0 radical (unpaired) electrons. The lowest BCUT2D eigenvalue weighted by atomic mass is 10.2. The highest BCUT2D eigenvalue weighted by molar-refractivity contribution is 5.85. The normalized spacial score (nSPS) is 15.1. The molecule has 0 aromatic heterocycles. The van der Waals surface area contributed by atoms with Crippen LogP contribution < -0.4 is 10.1 Å². The summed E-state index contributed by atoms with van der Waals surface area (Å²) in [4.78, 5) is 28.4. The average molecular weight is 398 g/mol. The van der Waals surface area contributed by atoms with Crippen molar-refractivity contribution in [3.05, 3.63) is 29.8 Å². The highest BCUT2D eigenvalue weighted by atomic mass is 35.5. The van der Waals surface area contributed by atoms with Crippen molar-refractivity contribution in [1.29, 1.82) is 0 Å². The van der Waals surface area contributed by atoms with E-state index in [9.17, 15) is 9.59 Å². The van der Waals surface area contributed by atoms with Crippen molar-refractivity contribution in [2.75, 3.05) is 39.8 Å². The summed E-state index contributed by atoms with van der Waals surface area (Å²) < 4.78 is 5.79. The highest BCUT2D eigenvalue weighted by Crippen LogP contribution is 2.16. The highest BCUT2D eigenvalue weighted by Gasteiger charge is 2.27. The Morgan fingerprint density at radius 1 is 1.11 bits per heavy atom. The van der Waals surface area contributed by atoms with Crippen LogP contribution in [0.25, 0.3) is 0 Å². The lowest BCUT2D eigenvalue weighted by Crippen LogP contribution is -2.53. The standard InChI is InChI=1S/C20H31N3O3.ClH/c1-4-17-7-9-18(10-8-17)26-16(2)20(25)23-14-12-22(13-15-23)19(24)6-5-11-21-3;/h7-10,16,21H,4-6,11-15H2,1-3H3;1H. The van der Waals surface area contributed by atoms with Gasteiger partial charge in [0, 0.05) is 32.6 Å². The van der Waals surface area contributed by atoms with Crippen LogP contribution in [-0.2, 0) is 16.0 Å². The van der Waals surface area contributed by atoms with Crippen LogP contribution in [0.1, 0.15) is 32.3 Å². The Morgan fingerprint density at radius 2 is 1.70 bits per heavy atom. The predicted octanol–water partition coefficient (Wildman–Crippen LogP) is 2.11. The maximum Gasteiger partial charge on any atom is 0.263 e. The Balaban J connectivity index is 0.00000364. The van der Waals surface area contributed by atoms with Gasteiger partial charge in [0.1, 0.15) is 5.75 Å². The quantitative estimate of drug-likeness (QED) is 0.682. The molecule has 1 aliphatic rings. The molecule has 2 amide bonds. The van der Waals surface area contributed by atoms with Crippen LogP contribution in [0, 0.1) is 0 Å². The molecular formula is C20H32ClN3O3. The molecule has 1 aromatic carbocycles. The molecule has 1 saturated heterocycles. The zero-order chi connectivity index (χ0) is 18.9. The van der Waals surface area contributed by atoms with Crippen LogP contribution in [0.15, 0.2) is 24.3 Å². The predicted molar refractivity (Wildman–Crippen MR) is 109 cm³/mol. The fraction of sp³-hybridized carbons (Fsp3) is 0.600. The van der Waals surface area contributed by atoms with E-state index in [1.54, 1.807) is 11.8 Å². The van der Waals surface area contributed by atoms with Gasteiger partial charge in [-0.05, 0) is 51.1 Å². The molecule has 1 N–H and O–H groups in total. The van der Waals surface area contributed by atoms with Gasteiger partial charge in [0.05, 0.1) is 0 Å². The molecule has 27 heavy (non-hydrogen) atoms. The number of ether oxygens (including phenoxy) is 1. The number of hydrogen-bond donors (Lipinski definition) is 1. The number of carbonyl (C=O) groups is 2. The van der Waals surface area contributed by atoms with Gasteiger partial charge in [0.15, 0.2) is 6.10 Å². The van der Waals surface area contributed by atoms with Crippen molar-refractivity contribution >= 4 is 24.2 Å². The number of aryl methyl sites for hydroxylation is 1. The van der Waals surface area contributed by atoms with Gasteiger partial charge in [-0.15, -0.1) is 12.4 Å². The second kappa shape index (κ2) is 11.8. The summed E-state index contributed by atoms with van der Waals surface area (Å²) in [7, 11) is 1.89. The van der Waals surface area contributed by atoms with Crippen LogP contribution in [0.4, 0.5) is 0 Å². The fourth-order valence-corrected chi connectivity index (χ4v) is 3.07. The maximum atomic E-state index is 12.6. The molecule has 1 fully saturated rings. The molecule has 7 heteroatoms. The molecular weight excluding hydrogens is 366 g/mol. The third-order valence-electron chi connectivity index (χ3n) is 4.75. The molecule has 152 valence electrons. The zero-order valence-electron chi connectivity index (χ0n) is 16.6. The number of hydrogen-bond acceptors (Lipinski definition) is 4. The van der Waals surface area contributed by atoms with Crippen LogP contribution in [0.5, 0.6) is 5.75 Å². The monoisotopic (exact) mass is 397 g/mol. The van der Waals surface area contributed by atoms with Gasteiger partial charge in [-0.2, -0.15) is 0 Å². The smallest absolute Gasteiger partial charge is 0.263 e. The van der Waals surface area contributed by atoms with E-state index in [1.165, 1.54) is 5.56 Å². The van der Waals surface area contributed by atoms with E-state index < -0.39 is 6.10 Å². The number of carbonyl (C=O) groups excluding carboxylic acids is 2. The molecule has 1 aliphatic heterocycles. The van der Waals surface area contributed by atoms with E-state index in [2.05, 4.69) is 12.2 Å². The van der Waals surface area contributed by atoms with Gasteiger partial charge >= 0.3 is 0 Å². The Bertz CT molecular complexity index is 587. The molecule has 6 nitrogen and oxygen atoms in total. The average Bonchev–Trinajstić information content (AvgIpc) is 2.68. The van der Waals surface area contributed by atoms with Crippen molar-refractivity contribution < 1.29 is 14.3 Å². The van der Waals surface area contributed by atoms with E-state index in [1.807, 2.05) is 36.2 Å². The second-order valence-electron chi connectivity index (χ2n) is 6.67. The largest absolute Gasteiger partial charge is 0.481 e. The maximum absolute atomic E-state index is 12.6. The van der Waals surface area contributed by atoms with Crippen molar-refractivity contribution in [3.8, 4) is 5.75 Å². The minimum absolute atomic E-state index is 0. The Labute approximate surface area is 168 Å². The fourth-order valence-electron chi connectivity index (χ4n) is 3.07. The van der Waals surface area contributed by atoms with Gasteiger partial charge in [0.2, 0.25) is 5.91 Å². The first-order chi connectivity index (χ1) is 12.5. The Kier molecular flexibility index (Phi) is 10.2. The first kappa shape index (κ1) is 23.2. The van der Waals surface area contributed by atoms with Crippen molar-refractivity contribution in [1.82, 2.24) is 15.1 Å². The number of amides is 2. The zero-order valence-corrected chi connectivity index (χ0v) is 17.4. The molecule has 1 aromatic rings. The summed E-state index contributed by atoms with van der Waals surface area (Å²) in [6.07, 6.45) is 1.85. The second-order valence-corrected chi connectivity index (χ2v) is 6.67. The topological polar surface area (TPSA) is 61.9 Å². The first-order valence-electron chi connectivity index (χ1n) is 9.52. The molecule has 0 bridgehead atoms. The number of benzene rings is 1. The van der Waals surface area contributed by atoms with Gasteiger partial charge in [-0.1, -0.05) is 19.1 Å². The molecule has 1 unspecified atom stereocenters. The van der Waals surface area contributed by atoms with Crippen LogP contribution in [0.2, 0.25) is 0 Å². The summed E-state index contributed by atoms with van der Waals surface area (Å²) in [5.41, 5.74) is 1.24. The number of nitrogens with one attached hydrogen (secondary N) is 1.